The molecule has 1 atom stereocenters. The summed E-state index contributed by atoms with van der Waals surface area (Å²) in [6.07, 6.45) is 5.50. The molecular formula is C16H19NO2. The van der Waals surface area contributed by atoms with Gasteiger partial charge in [0, 0.05) is 5.69 Å². The maximum atomic E-state index is 12.4. The van der Waals surface area contributed by atoms with Gasteiger partial charge < -0.3 is 5.11 Å². The third-order valence-electron chi connectivity index (χ3n) is 3.79. The van der Waals surface area contributed by atoms with Crippen LogP contribution >= 0.6 is 0 Å². The Balaban J connectivity index is 2.53. The van der Waals surface area contributed by atoms with Gasteiger partial charge in [-0.05, 0) is 37.5 Å². The molecule has 0 saturated heterocycles. The molecule has 100 valence electrons. The normalized spacial score (nSPS) is 18.1. The molecule has 0 spiro atoms. The summed E-state index contributed by atoms with van der Waals surface area (Å²) in [4.78, 5) is 14.0. The van der Waals surface area contributed by atoms with Gasteiger partial charge in [0.05, 0.1) is 18.1 Å². The van der Waals surface area contributed by atoms with Gasteiger partial charge >= 0.3 is 0 Å². The highest BCUT2D eigenvalue weighted by Crippen LogP contribution is 2.42. The molecule has 0 fully saturated rings. The molecule has 1 aromatic rings. The number of aliphatic hydroxyl groups excluding tert-OH is 1. The summed E-state index contributed by atoms with van der Waals surface area (Å²) in [5.74, 6) is 2.54. The Morgan fingerprint density at radius 1 is 1.47 bits per heavy atom. The lowest BCUT2D eigenvalue weighted by atomic mass is 9.85. The van der Waals surface area contributed by atoms with Crippen LogP contribution in [0.25, 0.3) is 0 Å². The van der Waals surface area contributed by atoms with Crippen molar-refractivity contribution < 1.29 is 9.90 Å². The van der Waals surface area contributed by atoms with Crippen molar-refractivity contribution in [2.45, 2.75) is 38.7 Å². The maximum absolute atomic E-state index is 12.4. The fourth-order valence-electron chi connectivity index (χ4n) is 2.54. The monoisotopic (exact) mass is 257 g/mol. The Morgan fingerprint density at radius 3 is 2.74 bits per heavy atom. The maximum Gasteiger partial charge on any atom is 0.238 e. The lowest BCUT2D eigenvalue weighted by Gasteiger charge is -2.18. The molecule has 1 unspecified atom stereocenters. The van der Waals surface area contributed by atoms with Crippen molar-refractivity contribution in [3.63, 3.8) is 0 Å². The molecule has 19 heavy (non-hydrogen) atoms. The summed E-state index contributed by atoms with van der Waals surface area (Å²) in [6, 6.07) is 5.68. The van der Waals surface area contributed by atoms with E-state index in [0.717, 1.165) is 16.8 Å². The average Bonchev–Trinajstić information content (AvgIpc) is 2.59. The number of terminal acetylenes is 1. The smallest absolute Gasteiger partial charge is 0.238 e. The average molecular weight is 257 g/mol. The van der Waals surface area contributed by atoms with Crippen molar-refractivity contribution in [1.29, 1.82) is 0 Å². The first-order valence-electron chi connectivity index (χ1n) is 6.51. The molecule has 0 bridgehead atoms. The van der Waals surface area contributed by atoms with Crippen LogP contribution in [0.1, 0.15) is 44.4 Å². The van der Waals surface area contributed by atoms with Crippen molar-refractivity contribution >= 4 is 11.6 Å². The fraction of sp³-hybridized carbons (Fsp3) is 0.438. The van der Waals surface area contributed by atoms with Crippen LogP contribution < -0.4 is 4.90 Å². The fourth-order valence-corrected chi connectivity index (χ4v) is 2.54. The molecule has 1 heterocycles. The van der Waals surface area contributed by atoms with E-state index in [-0.39, 0.29) is 12.5 Å². The Bertz CT molecular complexity index is 554. The zero-order chi connectivity index (χ0) is 14.2. The number of hydrogen-bond acceptors (Lipinski definition) is 2. The van der Waals surface area contributed by atoms with E-state index in [0.29, 0.717) is 6.42 Å². The van der Waals surface area contributed by atoms with E-state index < -0.39 is 11.5 Å². The predicted molar refractivity (Wildman–Crippen MR) is 75.9 cm³/mol. The molecule has 0 saturated carbocycles. The number of rotatable bonds is 3. The van der Waals surface area contributed by atoms with Gasteiger partial charge in [-0.1, -0.05) is 25.0 Å². The molecule has 1 aliphatic rings. The first-order chi connectivity index (χ1) is 8.93. The summed E-state index contributed by atoms with van der Waals surface area (Å²) < 4.78 is 0. The van der Waals surface area contributed by atoms with Gasteiger partial charge in [-0.3, -0.25) is 9.69 Å². The lowest BCUT2D eigenvalue weighted by molar-refractivity contribution is -0.121. The summed E-state index contributed by atoms with van der Waals surface area (Å²) in [5.41, 5.74) is 2.07. The van der Waals surface area contributed by atoms with Gasteiger partial charge in [0.15, 0.2) is 0 Å². The molecule has 0 aromatic heterocycles. The van der Waals surface area contributed by atoms with E-state index in [2.05, 4.69) is 5.92 Å². The van der Waals surface area contributed by atoms with Crippen molar-refractivity contribution in [3.8, 4) is 12.3 Å². The van der Waals surface area contributed by atoms with E-state index in [1.165, 1.54) is 0 Å². The SMILES string of the molecule is C#CCN1C(=O)C(C)(C)c2cc(C(O)CC)ccc21. The van der Waals surface area contributed by atoms with Gasteiger partial charge in [0.25, 0.3) is 0 Å². The summed E-state index contributed by atoms with van der Waals surface area (Å²) >= 11 is 0. The van der Waals surface area contributed by atoms with Crippen molar-refractivity contribution in [1.82, 2.24) is 0 Å². The van der Waals surface area contributed by atoms with E-state index in [4.69, 9.17) is 6.42 Å². The van der Waals surface area contributed by atoms with E-state index in [9.17, 15) is 9.90 Å². The Morgan fingerprint density at radius 2 is 2.16 bits per heavy atom. The quantitative estimate of drug-likeness (QED) is 0.845. The largest absolute Gasteiger partial charge is 0.388 e. The van der Waals surface area contributed by atoms with Gasteiger partial charge in [-0.2, -0.15) is 0 Å². The van der Waals surface area contributed by atoms with Crippen LogP contribution in [0.4, 0.5) is 5.69 Å². The Hall–Kier alpha value is -1.79. The predicted octanol–water partition coefficient (Wildman–Crippen LogP) is 2.39. The zero-order valence-corrected chi connectivity index (χ0v) is 11.6. The topological polar surface area (TPSA) is 40.5 Å². The minimum absolute atomic E-state index is 0.0172. The number of benzene rings is 1. The highest BCUT2D eigenvalue weighted by atomic mass is 16.3. The molecular weight excluding hydrogens is 238 g/mol. The zero-order valence-electron chi connectivity index (χ0n) is 11.6. The number of hydrogen-bond donors (Lipinski definition) is 1. The van der Waals surface area contributed by atoms with Crippen LogP contribution in [0.2, 0.25) is 0 Å². The molecule has 0 aliphatic carbocycles. The minimum Gasteiger partial charge on any atom is -0.388 e. The third kappa shape index (κ3) is 2.02. The van der Waals surface area contributed by atoms with Crippen molar-refractivity contribution in [2.75, 3.05) is 11.4 Å². The van der Waals surface area contributed by atoms with Crippen molar-refractivity contribution in [2.24, 2.45) is 0 Å². The molecule has 2 rings (SSSR count). The van der Waals surface area contributed by atoms with Crippen LogP contribution in [0.3, 0.4) is 0 Å². The lowest BCUT2D eigenvalue weighted by Crippen LogP contribution is -2.36. The molecule has 1 N–H and O–H groups in total. The molecule has 1 amide bonds. The summed E-state index contributed by atoms with van der Waals surface area (Å²) in [7, 11) is 0. The Labute approximate surface area is 114 Å². The van der Waals surface area contributed by atoms with Crippen LogP contribution in [0.5, 0.6) is 0 Å². The number of amides is 1. The van der Waals surface area contributed by atoms with Gasteiger partial charge in [-0.15, -0.1) is 6.42 Å². The van der Waals surface area contributed by atoms with Gasteiger partial charge in [0.2, 0.25) is 5.91 Å². The van der Waals surface area contributed by atoms with Crippen LogP contribution in [0, 0.1) is 12.3 Å². The number of carbonyl (C=O) groups excluding carboxylic acids is 1. The second kappa shape index (κ2) is 4.71. The van der Waals surface area contributed by atoms with E-state index >= 15 is 0 Å². The number of nitrogens with zero attached hydrogens (tertiary/aromatic N) is 1. The van der Waals surface area contributed by atoms with Crippen molar-refractivity contribution in [3.05, 3.63) is 29.3 Å². The van der Waals surface area contributed by atoms with E-state index in [1.54, 1.807) is 4.90 Å². The summed E-state index contributed by atoms with van der Waals surface area (Å²) in [5, 5.41) is 9.94. The van der Waals surface area contributed by atoms with Gasteiger partial charge in [-0.25, -0.2) is 0 Å². The first-order valence-corrected chi connectivity index (χ1v) is 6.51. The highest BCUT2D eigenvalue weighted by Gasteiger charge is 2.43. The number of anilines is 1. The van der Waals surface area contributed by atoms with Crippen LogP contribution in [0.15, 0.2) is 18.2 Å². The van der Waals surface area contributed by atoms with Gasteiger partial charge in [0.1, 0.15) is 0 Å². The molecule has 3 nitrogen and oxygen atoms in total. The Kier molecular flexibility index (Phi) is 3.38. The first kappa shape index (κ1) is 13.6. The molecule has 3 heteroatoms. The van der Waals surface area contributed by atoms with Crippen LogP contribution in [-0.4, -0.2) is 17.6 Å². The summed E-state index contributed by atoms with van der Waals surface area (Å²) in [6.45, 7) is 6.00. The minimum atomic E-state index is -0.588. The third-order valence-corrected chi connectivity index (χ3v) is 3.79. The standard InChI is InChI=1S/C16H19NO2/c1-5-9-17-13-8-7-11(14(18)6-2)10-12(13)16(3,4)15(17)19/h1,7-8,10,14,18H,6,9H2,2-4H3. The highest BCUT2D eigenvalue weighted by molar-refractivity contribution is 6.07. The molecule has 0 radical (unpaired) electrons. The van der Waals surface area contributed by atoms with Crippen LogP contribution in [-0.2, 0) is 10.2 Å². The number of carbonyl (C=O) groups is 1. The second-order valence-electron chi connectivity index (χ2n) is 5.42. The second-order valence-corrected chi connectivity index (χ2v) is 5.42. The molecule has 1 aromatic carbocycles. The molecule has 1 aliphatic heterocycles. The van der Waals surface area contributed by atoms with E-state index in [1.807, 2.05) is 39.0 Å². The number of fused-ring (bicyclic) bond motifs is 1. The number of aliphatic hydroxyl groups is 1.